The first-order valence-corrected chi connectivity index (χ1v) is 18.4. The molecular weight excluding hydrogens is 703 g/mol. The molecule has 4 aromatic rings. The fourth-order valence-electron chi connectivity index (χ4n) is 6.18. The van der Waals surface area contributed by atoms with E-state index < -0.39 is 51.9 Å². The average molecular weight is 742 g/mol. The van der Waals surface area contributed by atoms with Gasteiger partial charge in [0.15, 0.2) is 0 Å². The molecule has 0 spiro atoms. The molecule has 0 radical (unpaired) electrons. The van der Waals surface area contributed by atoms with Crippen molar-refractivity contribution >= 4 is 39.1 Å². The van der Waals surface area contributed by atoms with Gasteiger partial charge in [-0.1, -0.05) is 91.5 Å². The molecule has 51 heavy (non-hydrogen) atoms. The molecule has 0 aromatic heterocycles. The van der Waals surface area contributed by atoms with Crippen LogP contribution in [-0.2, 0) is 38.8 Å². The van der Waals surface area contributed by atoms with Gasteiger partial charge in [0.1, 0.15) is 18.3 Å². The molecule has 5 rings (SSSR count). The van der Waals surface area contributed by atoms with Crippen molar-refractivity contribution in [1.29, 1.82) is 0 Å². The fraction of sp³-hybridized carbons (Fsp3) is 0.316. The third-order valence-corrected chi connectivity index (χ3v) is 11.0. The maximum absolute atomic E-state index is 14.7. The highest BCUT2D eigenvalue weighted by molar-refractivity contribution is 7.92. The fourth-order valence-corrected chi connectivity index (χ4v) is 7.89. The molecular formula is C38H39ClF3N3O5S. The molecule has 1 N–H and O–H groups in total. The van der Waals surface area contributed by atoms with Crippen molar-refractivity contribution in [3.8, 4) is 5.75 Å². The molecule has 4 aromatic carbocycles. The van der Waals surface area contributed by atoms with Gasteiger partial charge in [0.2, 0.25) is 11.8 Å². The van der Waals surface area contributed by atoms with Crippen LogP contribution in [0.3, 0.4) is 0 Å². The van der Waals surface area contributed by atoms with Gasteiger partial charge in [-0.15, -0.1) is 0 Å². The second-order valence-electron chi connectivity index (χ2n) is 12.4. The Bertz CT molecular complexity index is 1910. The van der Waals surface area contributed by atoms with E-state index >= 15 is 0 Å². The molecule has 0 saturated heterocycles. The lowest BCUT2D eigenvalue weighted by Crippen LogP contribution is -2.55. The maximum atomic E-state index is 14.7. The highest BCUT2D eigenvalue weighted by atomic mass is 35.5. The average Bonchev–Trinajstić information content (AvgIpc) is 3.13. The van der Waals surface area contributed by atoms with E-state index in [1.807, 2.05) is 30.3 Å². The summed E-state index contributed by atoms with van der Waals surface area (Å²) in [5, 5.41) is 2.81. The first kappa shape index (κ1) is 37.7. The second kappa shape index (κ2) is 16.6. The van der Waals surface area contributed by atoms with Gasteiger partial charge in [-0.05, 0) is 66.4 Å². The number of alkyl halides is 3. The number of nitrogens with zero attached hydrogens (tertiary/aromatic N) is 2. The Balaban J connectivity index is 1.62. The predicted molar refractivity (Wildman–Crippen MR) is 190 cm³/mol. The molecule has 0 aliphatic heterocycles. The maximum Gasteiger partial charge on any atom is 0.416 e. The minimum atomic E-state index is -4.83. The van der Waals surface area contributed by atoms with Gasteiger partial charge in [0.05, 0.1) is 28.3 Å². The summed E-state index contributed by atoms with van der Waals surface area (Å²) < 4.78 is 76.2. The van der Waals surface area contributed by atoms with E-state index in [0.29, 0.717) is 21.7 Å². The number of hydrogen-bond donors (Lipinski definition) is 1. The zero-order valence-corrected chi connectivity index (χ0v) is 29.6. The first-order valence-electron chi connectivity index (χ1n) is 16.6. The standard InChI is InChI=1S/C38H39ClF3N3O5S/c1-50-31-17-11-14-28(22-31)25-44(35(23-27-12-5-2-6-13-27)37(47)43-30-15-7-3-8-16-30)36(46)26-45(51(48,49)32-18-9-4-10-19-32)34-24-29(38(40,41)42)20-21-33(34)39/h2,4-6,9-14,17-22,24,30,35H,3,7-8,15-16,23,25-26H2,1H3,(H,43,47). The summed E-state index contributed by atoms with van der Waals surface area (Å²) in [4.78, 5) is 30.0. The Morgan fingerprint density at radius 1 is 0.882 bits per heavy atom. The summed E-state index contributed by atoms with van der Waals surface area (Å²) in [5.41, 5.74) is -0.346. The van der Waals surface area contributed by atoms with Crippen LogP contribution < -0.4 is 14.4 Å². The van der Waals surface area contributed by atoms with E-state index in [0.717, 1.165) is 49.8 Å². The number of benzene rings is 4. The molecule has 1 fully saturated rings. The SMILES string of the molecule is COc1cccc(CN(C(=O)CN(c2cc(C(F)(F)F)ccc2Cl)S(=O)(=O)c2ccccc2)C(Cc2ccccc2)C(=O)NC2CCCCC2)c1. The van der Waals surface area contributed by atoms with E-state index in [4.69, 9.17) is 16.3 Å². The number of hydrogen-bond acceptors (Lipinski definition) is 5. The van der Waals surface area contributed by atoms with E-state index in [1.165, 1.54) is 36.3 Å². The van der Waals surface area contributed by atoms with Crippen LogP contribution in [0.2, 0.25) is 5.02 Å². The Labute approximate surface area is 301 Å². The largest absolute Gasteiger partial charge is 0.497 e. The highest BCUT2D eigenvalue weighted by Gasteiger charge is 2.38. The summed E-state index contributed by atoms with van der Waals surface area (Å²) in [5.74, 6) is -0.753. The topological polar surface area (TPSA) is 96.0 Å². The van der Waals surface area contributed by atoms with Crippen molar-refractivity contribution in [2.75, 3.05) is 18.0 Å². The first-order chi connectivity index (χ1) is 24.4. The Morgan fingerprint density at radius 3 is 2.18 bits per heavy atom. The van der Waals surface area contributed by atoms with Gasteiger partial charge < -0.3 is 15.0 Å². The number of rotatable bonds is 13. The van der Waals surface area contributed by atoms with Crippen LogP contribution in [0, 0.1) is 0 Å². The molecule has 2 amide bonds. The summed E-state index contributed by atoms with van der Waals surface area (Å²) >= 11 is 6.41. The number of halogens is 4. The Morgan fingerprint density at radius 2 is 1.53 bits per heavy atom. The molecule has 1 unspecified atom stereocenters. The van der Waals surface area contributed by atoms with Crippen molar-refractivity contribution in [2.45, 2.75) is 68.2 Å². The Hall–Kier alpha value is -4.55. The third kappa shape index (κ3) is 9.62. The van der Waals surface area contributed by atoms with E-state index in [9.17, 15) is 31.2 Å². The van der Waals surface area contributed by atoms with Gasteiger partial charge >= 0.3 is 6.18 Å². The molecule has 0 heterocycles. The Kier molecular flexibility index (Phi) is 12.3. The molecule has 1 saturated carbocycles. The molecule has 270 valence electrons. The number of methoxy groups -OCH3 is 1. The quantitative estimate of drug-likeness (QED) is 0.152. The van der Waals surface area contributed by atoms with E-state index in [-0.39, 0.29) is 28.9 Å². The minimum Gasteiger partial charge on any atom is -0.497 e. The molecule has 8 nitrogen and oxygen atoms in total. The summed E-state index contributed by atoms with van der Waals surface area (Å²) in [6.45, 7) is -1.09. The zero-order valence-electron chi connectivity index (χ0n) is 28.0. The van der Waals surface area contributed by atoms with Gasteiger partial charge in [-0.2, -0.15) is 13.2 Å². The van der Waals surface area contributed by atoms with E-state index in [1.54, 1.807) is 30.3 Å². The lowest BCUT2D eigenvalue weighted by atomic mass is 9.94. The number of carbonyl (C=O) groups excluding carboxylic acids is 2. The predicted octanol–water partition coefficient (Wildman–Crippen LogP) is 7.65. The van der Waals surface area contributed by atoms with Crippen molar-refractivity contribution in [1.82, 2.24) is 10.2 Å². The van der Waals surface area contributed by atoms with Gasteiger partial charge in [0, 0.05) is 19.0 Å². The third-order valence-electron chi connectivity index (χ3n) is 8.86. The number of amides is 2. The van der Waals surface area contributed by atoms with Gasteiger partial charge in [0.25, 0.3) is 10.0 Å². The lowest BCUT2D eigenvalue weighted by molar-refractivity contribution is -0.140. The van der Waals surface area contributed by atoms with Crippen LogP contribution in [0.5, 0.6) is 5.75 Å². The van der Waals surface area contributed by atoms with Crippen molar-refractivity contribution in [3.05, 3.63) is 125 Å². The van der Waals surface area contributed by atoms with Crippen LogP contribution in [-0.4, -0.2) is 50.9 Å². The van der Waals surface area contributed by atoms with Crippen LogP contribution in [0.15, 0.2) is 108 Å². The molecule has 1 atom stereocenters. The van der Waals surface area contributed by atoms with Crippen molar-refractivity contribution in [3.63, 3.8) is 0 Å². The van der Waals surface area contributed by atoms with Crippen LogP contribution in [0.4, 0.5) is 18.9 Å². The molecule has 1 aliphatic carbocycles. The zero-order chi connectivity index (χ0) is 36.6. The van der Waals surface area contributed by atoms with Gasteiger partial charge in [-0.25, -0.2) is 8.42 Å². The van der Waals surface area contributed by atoms with E-state index in [2.05, 4.69) is 5.32 Å². The number of sulfonamides is 1. The molecule has 13 heteroatoms. The van der Waals surface area contributed by atoms with Crippen molar-refractivity contribution in [2.24, 2.45) is 0 Å². The normalized spacial score (nSPS) is 14.4. The number of anilines is 1. The summed E-state index contributed by atoms with van der Waals surface area (Å²) in [6, 6.07) is 24.1. The monoisotopic (exact) mass is 741 g/mol. The number of nitrogens with one attached hydrogen (secondary N) is 1. The number of ether oxygens (including phenoxy) is 1. The highest BCUT2D eigenvalue weighted by Crippen LogP contribution is 2.37. The second-order valence-corrected chi connectivity index (χ2v) is 14.7. The smallest absolute Gasteiger partial charge is 0.416 e. The number of carbonyl (C=O) groups is 2. The minimum absolute atomic E-state index is 0.0881. The summed E-state index contributed by atoms with van der Waals surface area (Å²) in [7, 11) is -3.18. The lowest BCUT2D eigenvalue weighted by Gasteiger charge is -2.35. The molecule has 0 bridgehead atoms. The summed E-state index contributed by atoms with van der Waals surface area (Å²) in [6.07, 6.45) is -0.220. The van der Waals surface area contributed by atoms with Crippen LogP contribution in [0.25, 0.3) is 0 Å². The van der Waals surface area contributed by atoms with Crippen molar-refractivity contribution < 1.29 is 35.9 Å². The van der Waals surface area contributed by atoms with Crippen LogP contribution in [0.1, 0.15) is 48.8 Å². The van der Waals surface area contributed by atoms with Gasteiger partial charge in [-0.3, -0.25) is 13.9 Å². The molecule has 1 aliphatic rings. The van der Waals surface area contributed by atoms with Crippen LogP contribution >= 0.6 is 11.6 Å².